The van der Waals surface area contributed by atoms with Gasteiger partial charge in [-0.25, -0.2) is 0 Å². The lowest BCUT2D eigenvalue weighted by Crippen LogP contribution is -2.28. The van der Waals surface area contributed by atoms with Crippen molar-refractivity contribution in [1.82, 2.24) is 0 Å². The van der Waals surface area contributed by atoms with Gasteiger partial charge in [-0.2, -0.15) is 0 Å². The average molecular weight is 337 g/mol. The molecule has 0 unspecified atom stereocenters. The molecule has 6 atom stereocenters. The van der Waals surface area contributed by atoms with Gasteiger partial charge < -0.3 is 9.59 Å². The Hall–Kier alpha value is -0.660. The van der Waals surface area contributed by atoms with Gasteiger partial charge >= 0.3 is 0 Å². The van der Waals surface area contributed by atoms with Gasteiger partial charge in [-0.3, -0.25) is 0 Å². The third-order valence-corrected chi connectivity index (χ3v) is 6.50. The average Bonchev–Trinajstić information content (AvgIpc) is 2.54. The molecular formula is C22H40O2. The molecule has 0 aromatic heterocycles. The van der Waals surface area contributed by atoms with Crippen LogP contribution in [-0.4, -0.2) is 12.6 Å². The van der Waals surface area contributed by atoms with Crippen molar-refractivity contribution < 1.29 is 9.59 Å². The predicted molar refractivity (Wildman–Crippen MR) is 102 cm³/mol. The zero-order valence-electron chi connectivity index (χ0n) is 16.8. The Bertz CT molecular complexity index is 338. The molecule has 0 aliphatic heterocycles. The van der Waals surface area contributed by atoms with Crippen LogP contribution in [0.1, 0.15) is 80.1 Å². The lowest BCUT2D eigenvalue weighted by molar-refractivity contribution is -0.115. The van der Waals surface area contributed by atoms with Crippen molar-refractivity contribution in [2.24, 2.45) is 47.3 Å². The van der Waals surface area contributed by atoms with Crippen LogP contribution in [0.25, 0.3) is 0 Å². The van der Waals surface area contributed by atoms with Crippen LogP contribution in [0.5, 0.6) is 0 Å². The molecular weight excluding hydrogens is 296 g/mol. The third kappa shape index (κ3) is 6.33. The van der Waals surface area contributed by atoms with Crippen molar-refractivity contribution in [3.8, 4) is 0 Å². The summed E-state index contributed by atoms with van der Waals surface area (Å²) in [5, 5.41) is 0. The largest absolute Gasteiger partial charge is 0.303 e. The SMILES string of the molecule is CC(C)[C@@H]1CC[C@@H](C)C[C@@H]1C=O.CC(C)[C@@H]1CC[C@@H](C)C[C@H]1C=O. The summed E-state index contributed by atoms with van der Waals surface area (Å²) in [7, 11) is 0. The summed E-state index contributed by atoms with van der Waals surface area (Å²) >= 11 is 0. The summed E-state index contributed by atoms with van der Waals surface area (Å²) < 4.78 is 0. The number of aldehydes is 2. The minimum absolute atomic E-state index is 0.341. The second-order valence-electron chi connectivity index (χ2n) is 9.25. The Labute approximate surface area is 150 Å². The fourth-order valence-electron chi connectivity index (χ4n) is 4.86. The highest BCUT2D eigenvalue weighted by Gasteiger charge is 2.30. The number of hydrogen-bond acceptors (Lipinski definition) is 2. The smallest absolute Gasteiger partial charge is 0.123 e. The van der Waals surface area contributed by atoms with Gasteiger partial charge in [0.25, 0.3) is 0 Å². The van der Waals surface area contributed by atoms with Gasteiger partial charge in [0.2, 0.25) is 0 Å². The molecule has 2 aliphatic carbocycles. The standard InChI is InChI=1S/2C11H20O/c2*1-8(2)11-5-4-9(3)6-10(11)7-12/h2*7-11H,4-6H2,1-3H3/t9-,10+,11+;9-,10-,11+/m11/s1. The van der Waals surface area contributed by atoms with Gasteiger partial charge in [0.1, 0.15) is 12.6 Å². The molecule has 0 N–H and O–H groups in total. The van der Waals surface area contributed by atoms with E-state index in [0.29, 0.717) is 35.5 Å². The molecule has 0 radical (unpaired) electrons. The molecule has 0 amide bonds. The molecule has 0 bridgehead atoms. The fourth-order valence-corrected chi connectivity index (χ4v) is 4.86. The zero-order valence-corrected chi connectivity index (χ0v) is 16.8. The second kappa shape index (κ2) is 10.4. The van der Waals surface area contributed by atoms with E-state index in [1.807, 2.05) is 0 Å². The van der Waals surface area contributed by atoms with Crippen LogP contribution >= 0.6 is 0 Å². The van der Waals surface area contributed by atoms with E-state index < -0.39 is 0 Å². The quantitative estimate of drug-likeness (QED) is 0.609. The first-order chi connectivity index (χ1) is 11.3. The molecule has 0 heterocycles. The van der Waals surface area contributed by atoms with E-state index in [9.17, 15) is 9.59 Å². The van der Waals surface area contributed by atoms with Crippen LogP contribution in [0.2, 0.25) is 0 Å². The van der Waals surface area contributed by atoms with Crippen molar-refractivity contribution in [2.45, 2.75) is 80.1 Å². The van der Waals surface area contributed by atoms with Crippen molar-refractivity contribution in [3.63, 3.8) is 0 Å². The number of carbonyl (C=O) groups is 2. The molecule has 2 rings (SSSR count). The monoisotopic (exact) mass is 336 g/mol. The summed E-state index contributed by atoms with van der Waals surface area (Å²) in [5.41, 5.74) is 0. The van der Waals surface area contributed by atoms with Crippen LogP contribution in [0.4, 0.5) is 0 Å². The van der Waals surface area contributed by atoms with Gasteiger partial charge in [0, 0.05) is 11.8 Å². The van der Waals surface area contributed by atoms with Crippen LogP contribution in [-0.2, 0) is 9.59 Å². The van der Waals surface area contributed by atoms with Crippen LogP contribution < -0.4 is 0 Å². The second-order valence-corrected chi connectivity index (χ2v) is 9.25. The highest BCUT2D eigenvalue weighted by atomic mass is 16.1. The van der Waals surface area contributed by atoms with Gasteiger partial charge in [-0.05, 0) is 61.2 Å². The normalized spacial score (nSPS) is 36.8. The van der Waals surface area contributed by atoms with E-state index in [0.717, 1.165) is 24.7 Å². The van der Waals surface area contributed by atoms with Gasteiger partial charge in [-0.15, -0.1) is 0 Å². The van der Waals surface area contributed by atoms with Crippen LogP contribution in [0.15, 0.2) is 0 Å². The number of hydrogen-bond donors (Lipinski definition) is 0. The molecule has 24 heavy (non-hydrogen) atoms. The molecule has 2 heteroatoms. The van der Waals surface area contributed by atoms with Gasteiger partial charge in [0.15, 0.2) is 0 Å². The molecule has 2 aliphatic rings. The van der Waals surface area contributed by atoms with Gasteiger partial charge in [-0.1, -0.05) is 54.4 Å². The molecule has 140 valence electrons. The van der Waals surface area contributed by atoms with Crippen molar-refractivity contribution in [2.75, 3.05) is 0 Å². The molecule has 0 spiro atoms. The van der Waals surface area contributed by atoms with E-state index in [1.54, 1.807) is 0 Å². The summed E-state index contributed by atoms with van der Waals surface area (Å²) in [6, 6.07) is 0. The van der Waals surface area contributed by atoms with E-state index >= 15 is 0 Å². The van der Waals surface area contributed by atoms with E-state index in [1.165, 1.54) is 38.3 Å². The zero-order chi connectivity index (χ0) is 18.3. The van der Waals surface area contributed by atoms with Crippen molar-refractivity contribution >= 4 is 12.6 Å². The highest BCUT2D eigenvalue weighted by molar-refractivity contribution is 5.54. The lowest BCUT2D eigenvalue weighted by Gasteiger charge is -2.34. The fraction of sp³-hybridized carbons (Fsp3) is 0.909. The summed E-state index contributed by atoms with van der Waals surface area (Å²) in [4.78, 5) is 21.6. The first-order valence-electron chi connectivity index (χ1n) is 10.2. The van der Waals surface area contributed by atoms with E-state index in [-0.39, 0.29) is 0 Å². The molecule has 2 saturated carbocycles. The van der Waals surface area contributed by atoms with Crippen LogP contribution in [0, 0.1) is 47.3 Å². The topological polar surface area (TPSA) is 34.1 Å². The lowest BCUT2D eigenvalue weighted by atomic mass is 9.71. The Morgan fingerprint density at radius 1 is 0.667 bits per heavy atom. The van der Waals surface area contributed by atoms with Crippen molar-refractivity contribution in [1.29, 1.82) is 0 Å². The summed E-state index contributed by atoms with van der Waals surface area (Å²) in [5.74, 6) is 4.85. The van der Waals surface area contributed by atoms with Gasteiger partial charge in [0.05, 0.1) is 0 Å². The molecule has 0 aromatic rings. The maximum Gasteiger partial charge on any atom is 0.123 e. The third-order valence-electron chi connectivity index (χ3n) is 6.50. The van der Waals surface area contributed by atoms with Crippen molar-refractivity contribution in [3.05, 3.63) is 0 Å². The number of carbonyl (C=O) groups excluding carboxylic acids is 2. The maximum atomic E-state index is 10.8. The molecule has 0 aromatic carbocycles. The Balaban J connectivity index is 0.000000240. The predicted octanol–water partition coefficient (Wildman–Crippen LogP) is 5.79. The highest BCUT2D eigenvalue weighted by Crippen LogP contribution is 2.37. The molecule has 0 saturated heterocycles. The summed E-state index contributed by atoms with van der Waals surface area (Å²) in [6.07, 6.45) is 9.73. The number of rotatable bonds is 4. The minimum atomic E-state index is 0.341. The Morgan fingerprint density at radius 2 is 1.00 bits per heavy atom. The van der Waals surface area contributed by atoms with Crippen LogP contribution in [0.3, 0.4) is 0 Å². The summed E-state index contributed by atoms with van der Waals surface area (Å²) in [6.45, 7) is 13.4. The first-order valence-corrected chi connectivity index (χ1v) is 10.2. The Morgan fingerprint density at radius 3 is 1.25 bits per heavy atom. The Kier molecular flexibility index (Phi) is 9.23. The molecule has 2 nitrogen and oxygen atoms in total. The maximum absolute atomic E-state index is 10.8. The first kappa shape index (κ1) is 21.4. The minimum Gasteiger partial charge on any atom is -0.303 e. The van der Waals surface area contributed by atoms with E-state index in [2.05, 4.69) is 41.5 Å². The van der Waals surface area contributed by atoms with E-state index in [4.69, 9.17) is 0 Å². The molecule has 2 fully saturated rings.